The molecule has 0 saturated heterocycles. The van der Waals surface area contributed by atoms with Gasteiger partial charge in [-0.05, 0) is 43.3 Å². The van der Waals surface area contributed by atoms with Gasteiger partial charge in [-0.3, -0.25) is 9.12 Å². The lowest BCUT2D eigenvalue weighted by atomic mass is 10.2. The van der Waals surface area contributed by atoms with Crippen LogP contribution < -0.4 is 11.1 Å². The third-order valence-corrected chi connectivity index (χ3v) is 4.16. The predicted molar refractivity (Wildman–Crippen MR) is 125 cm³/mol. The molecule has 4 rings (SSSR count). The molecule has 0 amide bonds. The smallest absolute Gasteiger partial charge is 0.383 e. The molecular weight excluding hydrogens is 497 g/mol. The molecule has 34 heavy (non-hydrogen) atoms. The van der Waals surface area contributed by atoms with E-state index in [1.54, 1.807) is 6.07 Å². The Hall–Kier alpha value is -3.42. The number of nitrogens with zero attached hydrogens (tertiary/aromatic N) is 4. The minimum Gasteiger partial charge on any atom is -0.383 e. The third-order valence-electron chi connectivity index (χ3n) is 4.16. The summed E-state index contributed by atoms with van der Waals surface area (Å²) in [5.41, 5.74) is 7.28. The maximum Gasteiger partial charge on any atom is 0.416 e. The molecule has 0 bridgehead atoms. The first-order valence-electron chi connectivity index (χ1n) is 9.27. The van der Waals surface area contributed by atoms with Gasteiger partial charge in [0, 0.05) is 11.8 Å². The minimum absolute atomic E-state index is 0. The number of imidazole rings is 1. The lowest BCUT2D eigenvalue weighted by molar-refractivity contribution is -0.137. The van der Waals surface area contributed by atoms with Crippen LogP contribution in [0.3, 0.4) is 0 Å². The van der Waals surface area contributed by atoms with Crippen LogP contribution in [0.15, 0.2) is 54.6 Å². The van der Waals surface area contributed by atoms with Crippen molar-refractivity contribution in [1.82, 2.24) is 19.5 Å². The summed E-state index contributed by atoms with van der Waals surface area (Å²) in [5, 5.41) is 2.89. The molecule has 0 radical (unpaired) electrons. The van der Waals surface area contributed by atoms with Gasteiger partial charge in [0.15, 0.2) is 0 Å². The molecule has 2 aromatic carbocycles. The van der Waals surface area contributed by atoms with E-state index in [9.17, 15) is 21.6 Å². The Bertz CT molecular complexity index is 1390. The fourth-order valence-electron chi connectivity index (χ4n) is 2.93. The van der Waals surface area contributed by atoms with Gasteiger partial charge in [-0.1, -0.05) is 12.1 Å². The second-order valence-electron chi connectivity index (χ2n) is 6.89. The Morgan fingerprint density at radius 3 is 2.21 bits per heavy atom. The molecular formula is C20H20ClF3N6O3S. The van der Waals surface area contributed by atoms with E-state index in [2.05, 4.69) is 20.3 Å². The average Bonchev–Trinajstić information content (AvgIpc) is 3.01. The van der Waals surface area contributed by atoms with Crippen molar-refractivity contribution in [2.45, 2.75) is 13.1 Å². The molecule has 14 heteroatoms. The minimum atomic E-state index is -4.39. The molecule has 4 aromatic rings. The fraction of sp³-hybridized carbons (Fsp3) is 0.150. The van der Waals surface area contributed by atoms with Crippen molar-refractivity contribution >= 4 is 51.0 Å². The van der Waals surface area contributed by atoms with Crippen LogP contribution in [0.25, 0.3) is 16.9 Å². The predicted octanol–water partition coefficient (Wildman–Crippen LogP) is 4.39. The molecule has 0 unspecified atom stereocenters. The van der Waals surface area contributed by atoms with Crippen LogP contribution in [0, 0.1) is 6.92 Å². The molecule has 182 valence electrons. The highest BCUT2D eigenvalue weighted by Gasteiger charge is 2.30. The first-order valence-corrected chi connectivity index (χ1v) is 11.1. The molecule has 0 aliphatic rings. The monoisotopic (exact) mass is 516 g/mol. The van der Waals surface area contributed by atoms with Crippen molar-refractivity contribution in [3.8, 4) is 5.82 Å². The van der Waals surface area contributed by atoms with E-state index in [1.807, 2.05) is 35.8 Å². The number of hydrogen-bond donors (Lipinski definition) is 3. The second-order valence-corrected chi connectivity index (χ2v) is 8.36. The number of hydrogen-bond acceptors (Lipinski definition) is 7. The standard InChI is InChI=1S/C19H15F3N6.CH4O3S.ClH/c1-11-24-14-4-2-3-5-15(14)28(11)17-10-16(23)26-18(27-17)25-13-8-6-12(7-9-13)19(20,21)22;1-5(2,3)4;/h2-10H,1H3,(H3,23,25,26,27);1H3,(H,2,3,4);1H. The molecule has 0 aliphatic heterocycles. The Kier molecular flexibility index (Phi) is 8.08. The molecule has 0 fully saturated rings. The van der Waals surface area contributed by atoms with Gasteiger partial charge in [0.2, 0.25) is 5.95 Å². The number of para-hydroxylation sites is 2. The van der Waals surface area contributed by atoms with E-state index in [0.717, 1.165) is 29.0 Å². The molecule has 0 atom stereocenters. The molecule has 9 nitrogen and oxygen atoms in total. The fourth-order valence-corrected chi connectivity index (χ4v) is 2.93. The Morgan fingerprint density at radius 1 is 1.03 bits per heavy atom. The van der Waals surface area contributed by atoms with Crippen molar-refractivity contribution in [3.63, 3.8) is 0 Å². The second kappa shape index (κ2) is 10.2. The highest BCUT2D eigenvalue weighted by molar-refractivity contribution is 7.85. The van der Waals surface area contributed by atoms with E-state index >= 15 is 0 Å². The van der Waals surface area contributed by atoms with Gasteiger partial charge in [-0.25, -0.2) is 4.98 Å². The summed E-state index contributed by atoms with van der Waals surface area (Å²) >= 11 is 0. The van der Waals surface area contributed by atoms with E-state index < -0.39 is 21.9 Å². The largest absolute Gasteiger partial charge is 0.416 e. The average molecular weight is 517 g/mol. The summed E-state index contributed by atoms with van der Waals surface area (Å²) in [5.74, 6) is 1.62. The van der Waals surface area contributed by atoms with Crippen molar-refractivity contribution in [2.24, 2.45) is 0 Å². The van der Waals surface area contributed by atoms with Crippen LogP contribution in [-0.4, -0.2) is 38.7 Å². The summed E-state index contributed by atoms with van der Waals surface area (Å²) < 4.78 is 65.8. The van der Waals surface area contributed by atoms with Gasteiger partial charge in [0.1, 0.15) is 17.5 Å². The number of nitrogen functional groups attached to an aromatic ring is 1. The number of benzene rings is 2. The van der Waals surface area contributed by atoms with Gasteiger partial charge in [-0.15, -0.1) is 12.4 Å². The van der Waals surface area contributed by atoms with E-state index in [4.69, 9.17) is 10.3 Å². The third kappa shape index (κ3) is 7.04. The van der Waals surface area contributed by atoms with E-state index in [0.29, 0.717) is 17.8 Å². The topological polar surface area (TPSA) is 136 Å². The van der Waals surface area contributed by atoms with Crippen molar-refractivity contribution < 1.29 is 26.1 Å². The number of aromatic nitrogens is 4. The van der Waals surface area contributed by atoms with Crippen LogP contribution in [0.1, 0.15) is 11.4 Å². The first kappa shape index (κ1) is 26.8. The number of halogens is 4. The zero-order chi connectivity index (χ0) is 24.4. The molecule has 0 aliphatic carbocycles. The zero-order valence-corrected chi connectivity index (χ0v) is 19.4. The summed E-state index contributed by atoms with van der Waals surface area (Å²) in [6.07, 6.45) is -3.67. The normalized spacial score (nSPS) is 11.4. The number of rotatable bonds is 3. The van der Waals surface area contributed by atoms with Gasteiger partial charge >= 0.3 is 6.18 Å². The van der Waals surface area contributed by atoms with Crippen LogP contribution in [0.4, 0.5) is 30.6 Å². The van der Waals surface area contributed by atoms with Crippen LogP contribution in [-0.2, 0) is 16.3 Å². The Labute approximate surface area is 199 Å². The number of aryl methyl sites for hydroxylation is 1. The molecule has 0 saturated carbocycles. The van der Waals surface area contributed by atoms with Gasteiger partial charge < -0.3 is 11.1 Å². The quantitative estimate of drug-likeness (QED) is 0.341. The van der Waals surface area contributed by atoms with Gasteiger partial charge in [0.05, 0.1) is 22.9 Å². The number of fused-ring (bicyclic) bond motifs is 1. The van der Waals surface area contributed by atoms with Crippen LogP contribution in [0.2, 0.25) is 0 Å². The van der Waals surface area contributed by atoms with E-state index in [1.165, 1.54) is 12.1 Å². The lowest BCUT2D eigenvalue weighted by Gasteiger charge is -2.11. The molecule has 2 heterocycles. The Morgan fingerprint density at radius 2 is 1.62 bits per heavy atom. The number of nitrogens with one attached hydrogen (secondary N) is 1. The number of anilines is 3. The van der Waals surface area contributed by atoms with Crippen LogP contribution in [0.5, 0.6) is 0 Å². The van der Waals surface area contributed by atoms with Crippen molar-refractivity contribution in [2.75, 3.05) is 17.3 Å². The number of alkyl halides is 3. The molecule has 2 aromatic heterocycles. The molecule has 4 N–H and O–H groups in total. The lowest BCUT2D eigenvalue weighted by Crippen LogP contribution is -2.07. The maximum absolute atomic E-state index is 12.7. The maximum atomic E-state index is 12.7. The highest BCUT2D eigenvalue weighted by atomic mass is 35.5. The van der Waals surface area contributed by atoms with Crippen LogP contribution >= 0.6 is 12.4 Å². The van der Waals surface area contributed by atoms with Gasteiger partial charge in [0.25, 0.3) is 10.1 Å². The zero-order valence-electron chi connectivity index (χ0n) is 17.8. The van der Waals surface area contributed by atoms with Gasteiger partial charge in [-0.2, -0.15) is 31.6 Å². The van der Waals surface area contributed by atoms with Crippen molar-refractivity contribution in [1.29, 1.82) is 0 Å². The SMILES string of the molecule is CS(=O)(=O)O.Cc1nc2ccccc2n1-c1cc(N)nc(Nc2ccc(C(F)(F)F)cc2)n1.Cl. The summed E-state index contributed by atoms with van der Waals surface area (Å²) in [4.78, 5) is 13.1. The van der Waals surface area contributed by atoms with E-state index in [-0.39, 0.29) is 24.2 Å². The summed E-state index contributed by atoms with van der Waals surface area (Å²) in [6, 6.07) is 13.8. The van der Waals surface area contributed by atoms with Crippen molar-refractivity contribution in [3.05, 3.63) is 66.0 Å². The first-order chi connectivity index (χ1) is 15.3. The summed E-state index contributed by atoms with van der Waals surface area (Å²) in [7, 11) is -3.67. The Balaban J connectivity index is 0.000000619. The number of nitrogens with two attached hydrogens (primary N) is 1. The summed E-state index contributed by atoms with van der Waals surface area (Å²) in [6.45, 7) is 1.85. The molecule has 0 spiro atoms. The highest BCUT2D eigenvalue weighted by Crippen LogP contribution is 2.30.